The fourth-order valence-corrected chi connectivity index (χ4v) is 1.31. The van der Waals surface area contributed by atoms with Gasteiger partial charge >= 0.3 is 5.97 Å². The highest BCUT2D eigenvalue weighted by atomic mass is 16.6. The van der Waals surface area contributed by atoms with Crippen LogP contribution in [0.25, 0.3) is 0 Å². The first-order valence-electron chi connectivity index (χ1n) is 6.88. The van der Waals surface area contributed by atoms with E-state index in [1.54, 1.807) is 0 Å². The highest BCUT2D eigenvalue weighted by Gasteiger charge is 2.11. The molecule has 0 bridgehead atoms. The van der Waals surface area contributed by atoms with Crippen LogP contribution in [0.3, 0.4) is 0 Å². The van der Waals surface area contributed by atoms with E-state index < -0.39 is 0 Å². The quantitative estimate of drug-likeness (QED) is 0.566. The van der Waals surface area contributed by atoms with E-state index in [4.69, 9.17) is 14.2 Å². The smallest absolute Gasteiger partial charge is 0.306 e. The average Bonchev–Trinajstić information content (AvgIpc) is 2.31. The van der Waals surface area contributed by atoms with Gasteiger partial charge in [-0.05, 0) is 34.1 Å². The number of esters is 1. The Kier molecular flexibility index (Phi) is 9.98. The van der Waals surface area contributed by atoms with Crippen LogP contribution in [0.4, 0.5) is 0 Å². The van der Waals surface area contributed by atoms with Gasteiger partial charge in [-0.15, -0.1) is 0 Å². The lowest BCUT2D eigenvalue weighted by Gasteiger charge is -2.18. The van der Waals surface area contributed by atoms with Crippen molar-refractivity contribution in [3.63, 3.8) is 0 Å². The maximum atomic E-state index is 11.4. The van der Waals surface area contributed by atoms with Crippen LogP contribution in [0.1, 0.15) is 53.9 Å². The standard InChI is InChI=1S/C14H28O4/c1-6-7-8-14(15)18-13(5)10-17-12(4)9-16-11(2)3/h11-13H,6-10H2,1-5H3. The van der Waals surface area contributed by atoms with Crippen molar-refractivity contribution in [3.8, 4) is 0 Å². The second kappa shape index (κ2) is 10.3. The van der Waals surface area contributed by atoms with Crippen LogP contribution in [0.2, 0.25) is 0 Å². The summed E-state index contributed by atoms with van der Waals surface area (Å²) in [6.07, 6.45) is 2.40. The molecular formula is C14H28O4. The molecule has 4 heteroatoms. The van der Waals surface area contributed by atoms with Gasteiger partial charge in [-0.1, -0.05) is 13.3 Å². The summed E-state index contributed by atoms with van der Waals surface area (Å²) >= 11 is 0. The van der Waals surface area contributed by atoms with Crippen LogP contribution in [0, 0.1) is 0 Å². The second-order valence-corrected chi connectivity index (χ2v) is 4.93. The van der Waals surface area contributed by atoms with Crippen molar-refractivity contribution in [2.75, 3.05) is 13.2 Å². The molecular weight excluding hydrogens is 232 g/mol. The first-order chi connectivity index (χ1) is 8.45. The lowest BCUT2D eigenvalue weighted by molar-refractivity contribution is -0.152. The molecule has 0 saturated carbocycles. The lowest BCUT2D eigenvalue weighted by Crippen LogP contribution is -2.26. The van der Waals surface area contributed by atoms with Crippen molar-refractivity contribution in [2.24, 2.45) is 0 Å². The molecule has 0 saturated heterocycles. The normalized spacial score (nSPS) is 14.6. The number of unbranched alkanes of at least 4 members (excludes halogenated alkanes) is 1. The Hall–Kier alpha value is -0.610. The molecule has 0 radical (unpaired) electrons. The molecule has 0 aliphatic rings. The third kappa shape index (κ3) is 10.5. The number of hydrogen-bond acceptors (Lipinski definition) is 4. The average molecular weight is 260 g/mol. The maximum absolute atomic E-state index is 11.4. The summed E-state index contributed by atoms with van der Waals surface area (Å²) < 4.78 is 16.2. The molecule has 18 heavy (non-hydrogen) atoms. The van der Waals surface area contributed by atoms with Crippen LogP contribution in [-0.2, 0) is 19.0 Å². The molecule has 0 spiro atoms. The van der Waals surface area contributed by atoms with Gasteiger partial charge in [0.2, 0.25) is 0 Å². The van der Waals surface area contributed by atoms with Gasteiger partial charge in [-0.25, -0.2) is 0 Å². The highest BCUT2D eigenvalue weighted by molar-refractivity contribution is 5.69. The summed E-state index contributed by atoms with van der Waals surface area (Å²) in [5, 5.41) is 0. The van der Waals surface area contributed by atoms with Gasteiger partial charge in [0.1, 0.15) is 6.10 Å². The molecule has 0 aromatic rings. The summed E-state index contributed by atoms with van der Waals surface area (Å²) in [7, 11) is 0. The molecule has 0 fully saturated rings. The Labute approximate surface area is 111 Å². The largest absolute Gasteiger partial charge is 0.460 e. The molecule has 2 atom stereocenters. The molecule has 0 N–H and O–H groups in total. The van der Waals surface area contributed by atoms with Gasteiger partial charge in [0, 0.05) is 6.42 Å². The van der Waals surface area contributed by atoms with Crippen LogP contribution in [0.15, 0.2) is 0 Å². The Morgan fingerprint density at radius 3 is 2.17 bits per heavy atom. The second-order valence-electron chi connectivity index (χ2n) is 4.93. The summed E-state index contributed by atoms with van der Waals surface area (Å²) in [6.45, 7) is 10.8. The van der Waals surface area contributed by atoms with Gasteiger partial charge in [-0.2, -0.15) is 0 Å². The fourth-order valence-electron chi connectivity index (χ4n) is 1.31. The fraction of sp³-hybridized carbons (Fsp3) is 0.929. The molecule has 4 nitrogen and oxygen atoms in total. The van der Waals surface area contributed by atoms with E-state index in [9.17, 15) is 4.79 Å². The Morgan fingerprint density at radius 2 is 1.61 bits per heavy atom. The monoisotopic (exact) mass is 260 g/mol. The molecule has 0 heterocycles. The summed E-state index contributed by atoms with van der Waals surface area (Å²) in [4.78, 5) is 11.4. The van der Waals surface area contributed by atoms with Gasteiger partial charge in [-0.3, -0.25) is 4.79 Å². The Morgan fingerprint density at radius 1 is 1.00 bits per heavy atom. The summed E-state index contributed by atoms with van der Waals surface area (Å²) in [5.41, 5.74) is 0. The number of hydrogen-bond donors (Lipinski definition) is 0. The minimum absolute atomic E-state index is 0.0178. The van der Waals surface area contributed by atoms with Crippen molar-refractivity contribution in [1.29, 1.82) is 0 Å². The van der Waals surface area contributed by atoms with E-state index in [2.05, 4.69) is 6.92 Å². The molecule has 0 aliphatic heterocycles. The molecule has 0 aromatic carbocycles. The molecule has 0 aromatic heterocycles. The van der Waals surface area contributed by atoms with E-state index in [0.29, 0.717) is 19.6 Å². The summed E-state index contributed by atoms with van der Waals surface area (Å²) in [6, 6.07) is 0. The Bertz CT molecular complexity index is 216. The number of carbonyl (C=O) groups is 1. The van der Waals surface area contributed by atoms with Crippen molar-refractivity contribution in [1.82, 2.24) is 0 Å². The SMILES string of the molecule is CCCCC(=O)OC(C)COC(C)COC(C)C. The Balaban J connectivity index is 3.62. The zero-order chi connectivity index (χ0) is 14.0. The van der Waals surface area contributed by atoms with Crippen LogP contribution >= 0.6 is 0 Å². The van der Waals surface area contributed by atoms with Crippen LogP contribution in [-0.4, -0.2) is 37.5 Å². The molecule has 0 amide bonds. The van der Waals surface area contributed by atoms with Crippen molar-refractivity contribution in [3.05, 3.63) is 0 Å². The minimum atomic E-state index is -0.198. The van der Waals surface area contributed by atoms with E-state index in [0.717, 1.165) is 12.8 Å². The van der Waals surface area contributed by atoms with Gasteiger partial charge in [0.25, 0.3) is 0 Å². The lowest BCUT2D eigenvalue weighted by atomic mass is 10.2. The van der Waals surface area contributed by atoms with Gasteiger partial charge in [0.15, 0.2) is 0 Å². The topological polar surface area (TPSA) is 44.8 Å². The maximum Gasteiger partial charge on any atom is 0.306 e. The zero-order valence-electron chi connectivity index (χ0n) is 12.4. The van der Waals surface area contributed by atoms with E-state index in [1.807, 2.05) is 27.7 Å². The molecule has 108 valence electrons. The van der Waals surface area contributed by atoms with Crippen molar-refractivity contribution in [2.45, 2.75) is 72.2 Å². The summed E-state index contributed by atoms with van der Waals surface area (Å²) in [5.74, 6) is -0.140. The zero-order valence-corrected chi connectivity index (χ0v) is 12.4. The number of ether oxygens (including phenoxy) is 3. The highest BCUT2D eigenvalue weighted by Crippen LogP contribution is 2.03. The molecule has 0 aliphatic carbocycles. The first-order valence-corrected chi connectivity index (χ1v) is 6.88. The third-order valence-electron chi connectivity index (χ3n) is 2.35. The van der Waals surface area contributed by atoms with Gasteiger partial charge in [0.05, 0.1) is 25.4 Å². The van der Waals surface area contributed by atoms with Crippen molar-refractivity contribution < 1.29 is 19.0 Å². The number of carbonyl (C=O) groups excluding carboxylic acids is 1. The predicted molar refractivity (Wildman–Crippen MR) is 71.6 cm³/mol. The van der Waals surface area contributed by atoms with Crippen LogP contribution in [0.5, 0.6) is 0 Å². The van der Waals surface area contributed by atoms with E-state index in [-0.39, 0.29) is 24.3 Å². The molecule has 2 unspecified atom stereocenters. The minimum Gasteiger partial charge on any atom is -0.460 e. The predicted octanol–water partition coefficient (Wildman–Crippen LogP) is 2.94. The van der Waals surface area contributed by atoms with Crippen molar-refractivity contribution >= 4 is 5.97 Å². The number of rotatable bonds is 10. The van der Waals surface area contributed by atoms with E-state index in [1.165, 1.54) is 0 Å². The molecule has 0 rings (SSSR count). The third-order valence-corrected chi connectivity index (χ3v) is 2.35. The first kappa shape index (κ1) is 17.4. The van der Waals surface area contributed by atoms with Crippen LogP contribution < -0.4 is 0 Å². The van der Waals surface area contributed by atoms with E-state index >= 15 is 0 Å². The van der Waals surface area contributed by atoms with Gasteiger partial charge < -0.3 is 14.2 Å².